The van der Waals surface area contributed by atoms with Crippen LogP contribution in [0.3, 0.4) is 0 Å². The highest BCUT2D eigenvalue weighted by Gasteiger charge is 2.09. The standard InChI is InChI=1S/C22H21N3.C13H11N3O/c1-14-7-8-16(11-15(14)2)9-10-17-12-19-18-5-3-4-6-20(18)25-22(23)21(19)24-13-17;14-13-12-10(5-8(7-17)6-15-12)9-3-1-2-4-11(9)16-13/h3-8,11-13H,9-10H2,1-2H3,(H2,23,25);1-6,17H,7H2,(H2,14,16). The predicted molar refractivity (Wildman–Crippen MR) is 172 cm³/mol. The van der Waals surface area contributed by atoms with Crippen LogP contribution >= 0.6 is 0 Å². The van der Waals surface area contributed by atoms with Crippen molar-refractivity contribution in [2.24, 2.45) is 0 Å². The highest BCUT2D eigenvalue weighted by atomic mass is 16.3. The van der Waals surface area contributed by atoms with E-state index in [2.05, 4.69) is 64.1 Å². The molecular weight excluding hydrogens is 520 g/mol. The number of aryl methyl sites for hydroxylation is 4. The van der Waals surface area contributed by atoms with Crippen molar-refractivity contribution in [3.8, 4) is 0 Å². The van der Waals surface area contributed by atoms with Gasteiger partial charge in [-0.1, -0.05) is 54.6 Å². The SMILES string of the molecule is Cc1ccc(CCc2cnc3c(N)nc4ccccc4c3c2)cc1C.Nc1nc2ccccc2c2cc(CO)cnc12. The second-order valence-electron chi connectivity index (χ2n) is 10.6. The molecule has 0 aliphatic rings. The fourth-order valence-corrected chi connectivity index (χ4v) is 5.27. The van der Waals surface area contributed by atoms with Crippen LogP contribution in [0.2, 0.25) is 0 Å². The lowest BCUT2D eigenvalue weighted by Crippen LogP contribution is -1.98. The zero-order chi connectivity index (χ0) is 29.2. The topological polar surface area (TPSA) is 124 Å². The van der Waals surface area contributed by atoms with Gasteiger partial charge in [0, 0.05) is 33.9 Å². The molecule has 0 saturated carbocycles. The van der Waals surface area contributed by atoms with Crippen LogP contribution in [0.25, 0.3) is 43.6 Å². The lowest BCUT2D eigenvalue weighted by molar-refractivity contribution is 0.281. The van der Waals surface area contributed by atoms with E-state index in [0.717, 1.165) is 56.5 Å². The molecule has 0 bridgehead atoms. The number of hydrogen-bond donors (Lipinski definition) is 3. The van der Waals surface area contributed by atoms with Crippen LogP contribution in [0, 0.1) is 13.8 Å². The summed E-state index contributed by atoms with van der Waals surface area (Å²) in [7, 11) is 0. The van der Waals surface area contributed by atoms with Gasteiger partial charge in [0.25, 0.3) is 0 Å². The Bertz CT molecular complexity index is 2090. The third kappa shape index (κ3) is 5.30. The number of fused-ring (bicyclic) bond motifs is 6. The number of para-hydroxylation sites is 2. The normalized spacial score (nSPS) is 11.2. The van der Waals surface area contributed by atoms with E-state index >= 15 is 0 Å². The third-order valence-electron chi connectivity index (χ3n) is 7.70. The van der Waals surface area contributed by atoms with Crippen LogP contribution in [-0.4, -0.2) is 25.0 Å². The monoisotopic (exact) mass is 552 g/mol. The Morgan fingerprint density at radius 1 is 0.571 bits per heavy atom. The molecule has 0 aliphatic carbocycles. The van der Waals surface area contributed by atoms with Gasteiger partial charge in [-0.05, 0) is 78.8 Å². The van der Waals surface area contributed by atoms with Gasteiger partial charge in [0.05, 0.1) is 17.6 Å². The maximum absolute atomic E-state index is 9.15. The molecule has 0 atom stereocenters. The first-order valence-electron chi connectivity index (χ1n) is 13.9. The first-order valence-corrected chi connectivity index (χ1v) is 13.9. The first kappa shape index (κ1) is 27.1. The van der Waals surface area contributed by atoms with Crippen molar-refractivity contribution in [2.75, 3.05) is 11.5 Å². The Morgan fingerprint density at radius 3 is 1.67 bits per heavy atom. The van der Waals surface area contributed by atoms with Crippen LogP contribution < -0.4 is 11.5 Å². The van der Waals surface area contributed by atoms with E-state index in [9.17, 15) is 0 Å². The summed E-state index contributed by atoms with van der Waals surface area (Å²) in [4.78, 5) is 17.6. The lowest BCUT2D eigenvalue weighted by Gasteiger charge is -2.09. The Balaban J connectivity index is 0.000000162. The molecule has 0 spiro atoms. The minimum atomic E-state index is -0.0283. The zero-order valence-electron chi connectivity index (χ0n) is 23.7. The van der Waals surface area contributed by atoms with Crippen molar-refractivity contribution in [3.63, 3.8) is 0 Å². The number of hydrogen-bond acceptors (Lipinski definition) is 7. The van der Waals surface area contributed by atoms with E-state index in [-0.39, 0.29) is 6.61 Å². The van der Waals surface area contributed by atoms with Gasteiger partial charge >= 0.3 is 0 Å². The second-order valence-corrected chi connectivity index (χ2v) is 10.6. The van der Waals surface area contributed by atoms with Crippen LogP contribution in [0.15, 0.2) is 91.3 Å². The molecule has 7 rings (SSSR count). The largest absolute Gasteiger partial charge is 0.392 e. The molecular formula is C35H32N6O. The van der Waals surface area contributed by atoms with Crippen molar-refractivity contribution in [3.05, 3.63) is 119 Å². The Kier molecular flexibility index (Phi) is 7.33. The zero-order valence-corrected chi connectivity index (χ0v) is 23.7. The van der Waals surface area contributed by atoms with Gasteiger partial charge in [0.1, 0.15) is 11.0 Å². The molecule has 3 aromatic carbocycles. The number of nitrogens with two attached hydrogens (primary N) is 2. The van der Waals surface area contributed by atoms with Crippen LogP contribution in [-0.2, 0) is 19.4 Å². The summed E-state index contributed by atoms with van der Waals surface area (Å²) in [6.45, 7) is 4.29. The number of aliphatic hydroxyl groups is 1. The number of aromatic nitrogens is 4. The van der Waals surface area contributed by atoms with Gasteiger partial charge < -0.3 is 16.6 Å². The van der Waals surface area contributed by atoms with Gasteiger partial charge in [-0.25, -0.2) is 9.97 Å². The van der Waals surface area contributed by atoms with E-state index in [0.29, 0.717) is 17.2 Å². The van der Waals surface area contributed by atoms with Crippen molar-refractivity contribution >= 4 is 55.2 Å². The van der Waals surface area contributed by atoms with E-state index in [1.54, 1.807) is 6.20 Å². The van der Waals surface area contributed by atoms with Crippen molar-refractivity contribution < 1.29 is 5.11 Å². The summed E-state index contributed by atoms with van der Waals surface area (Å²) in [5.74, 6) is 0.914. The molecule has 7 nitrogen and oxygen atoms in total. The van der Waals surface area contributed by atoms with E-state index in [4.69, 9.17) is 16.6 Å². The number of rotatable bonds is 4. The summed E-state index contributed by atoms with van der Waals surface area (Å²) in [5.41, 5.74) is 21.2. The van der Waals surface area contributed by atoms with Gasteiger partial charge in [0.15, 0.2) is 11.6 Å². The summed E-state index contributed by atoms with van der Waals surface area (Å²) in [5, 5.41) is 13.3. The maximum Gasteiger partial charge on any atom is 0.150 e. The van der Waals surface area contributed by atoms with Gasteiger partial charge in [-0.3, -0.25) is 9.97 Å². The number of anilines is 2. The minimum Gasteiger partial charge on any atom is -0.392 e. The van der Waals surface area contributed by atoms with E-state index in [1.807, 2.05) is 54.7 Å². The fourth-order valence-electron chi connectivity index (χ4n) is 5.27. The molecule has 0 radical (unpaired) electrons. The molecule has 4 heterocycles. The maximum atomic E-state index is 9.15. The molecule has 208 valence electrons. The highest BCUT2D eigenvalue weighted by Crippen LogP contribution is 2.28. The Hall–Kier alpha value is -5.14. The highest BCUT2D eigenvalue weighted by molar-refractivity contribution is 6.09. The summed E-state index contributed by atoms with van der Waals surface area (Å²) >= 11 is 0. The molecule has 4 aromatic heterocycles. The average Bonchev–Trinajstić information content (AvgIpc) is 3.02. The first-order chi connectivity index (χ1) is 20.4. The fraction of sp³-hybridized carbons (Fsp3) is 0.143. The summed E-state index contributed by atoms with van der Waals surface area (Å²) in [6.07, 6.45) is 5.51. The Morgan fingerprint density at radius 2 is 1.10 bits per heavy atom. The quantitative estimate of drug-likeness (QED) is 0.210. The van der Waals surface area contributed by atoms with E-state index in [1.165, 1.54) is 22.3 Å². The number of benzene rings is 3. The molecule has 5 N–H and O–H groups in total. The van der Waals surface area contributed by atoms with Crippen molar-refractivity contribution in [1.82, 2.24) is 19.9 Å². The van der Waals surface area contributed by atoms with Gasteiger partial charge in [-0.15, -0.1) is 0 Å². The van der Waals surface area contributed by atoms with Crippen LogP contribution in [0.5, 0.6) is 0 Å². The number of pyridine rings is 4. The molecule has 7 aromatic rings. The molecule has 0 aliphatic heterocycles. The molecule has 0 unspecified atom stereocenters. The van der Waals surface area contributed by atoms with Crippen molar-refractivity contribution in [1.29, 1.82) is 0 Å². The predicted octanol–water partition coefficient (Wildman–Crippen LogP) is 6.62. The molecule has 7 heteroatoms. The van der Waals surface area contributed by atoms with Gasteiger partial charge in [-0.2, -0.15) is 0 Å². The lowest BCUT2D eigenvalue weighted by atomic mass is 10.00. The molecule has 0 saturated heterocycles. The molecule has 0 amide bonds. The van der Waals surface area contributed by atoms with E-state index < -0.39 is 0 Å². The second kappa shape index (κ2) is 11.4. The van der Waals surface area contributed by atoms with Crippen molar-refractivity contribution in [2.45, 2.75) is 33.3 Å². The third-order valence-corrected chi connectivity index (χ3v) is 7.70. The average molecular weight is 553 g/mol. The van der Waals surface area contributed by atoms with Crippen LogP contribution in [0.4, 0.5) is 11.6 Å². The summed E-state index contributed by atoms with van der Waals surface area (Å²) in [6, 6.07) is 26.7. The van der Waals surface area contributed by atoms with Crippen LogP contribution in [0.1, 0.15) is 27.8 Å². The number of nitrogen functional groups attached to an aromatic ring is 2. The number of nitrogens with zero attached hydrogens (tertiary/aromatic N) is 4. The molecule has 0 fully saturated rings. The van der Waals surface area contributed by atoms with Gasteiger partial charge in [0.2, 0.25) is 0 Å². The molecule has 42 heavy (non-hydrogen) atoms. The smallest absolute Gasteiger partial charge is 0.150 e. The Labute approximate surface area is 243 Å². The summed E-state index contributed by atoms with van der Waals surface area (Å²) < 4.78 is 0. The minimum absolute atomic E-state index is 0.0283. The number of aliphatic hydroxyl groups excluding tert-OH is 1.